The summed E-state index contributed by atoms with van der Waals surface area (Å²) >= 11 is 1.31. The molecule has 0 aliphatic carbocycles. The fourth-order valence-corrected chi connectivity index (χ4v) is 3.60. The second-order valence-corrected chi connectivity index (χ2v) is 5.33. The molecule has 2 rings (SSSR count). The molecule has 0 aromatic carbocycles. The summed E-state index contributed by atoms with van der Waals surface area (Å²) in [6.45, 7) is 4.73. The number of carboxylic acids is 1. The minimum Gasteiger partial charge on any atom is -0.477 e. The number of aliphatic carboxylic acids is 1. The van der Waals surface area contributed by atoms with E-state index in [1.165, 1.54) is 24.8 Å². The van der Waals surface area contributed by atoms with E-state index < -0.39 is 29.2 Å². The zero-order chi connectivity index (χ0) is 15.0. The highest BCUT2D eigenvalue weighted by molar-refractivity contribution is 8.00. The predicted octanol–water partition coefficient (Wildman–Crippen LogP) is 0.124. The number of rotatable bonds is 3. The predicted molar refractivity (Wildman–Crippen MR) is 69.9 cm³/mol. The van der Waals surface area contributed by atoms with Crippen LogP contribution in [-0.4, -0.2) is 49.9 Å². The molecule has 0 aromatic heterocycles. The number of amides is 2. The Bertz CT molecular complexity index is 592. The first-order valence-corrected chi connectivity index (χ1v) is 6.72. The second kappa shape index (κ2) is 5.02. The second-order valence-electron chi connectivity index (χ2n) is 4.23. The molecule has 2 aliphatic rings. The van der Waals surface area contributed by atoms with Crippen LogP contribution in [0.25, 0.3) is 0 Å². The van der Waals surface area contributed by atoms with Crippen molar-refractivity contribution in [3.05, 3.63) is 23.9 Å². The lowest BCUT2D eigenvalue weighted by atomic mass is 10.0. The lowest BCUT2D eigenvalue weighted by Gasteiger charge is -2.50. The highest BCUT2D eigenvalue weighted by Crippen LogP contribution is 2.42. The molecular weight excluding hydrogens is 282 g/mol. The van der Waals surface area contributed by atoms with Crippen molar-refractivity contribution in [2.75, 3.05) is 5.75 Å². The summed E-state index contributed by atoms with van der Waals surface area (Å²) in [4.78, 5) is 36.6. The fraction of sp³-hybridized carbons (Fsp3) is 0.333. The summed E-state index contributed by atoms with van der Waals surface area (Å²) in [5.74, 6) is -1.95. The quantitative estimate of drug-likeness (QED) is 0.450. The van der Waals surface area contributed by atoms with E-state index in [4.69, 9.17) is 5.26 Å². The van der Waals surface area contributed by atoms with E-state index in [0.717, 1.165) is 9.80 Å². The van der Waals surface area contributed by atoms with Crippen molar-refractivity contribution >= 4 is 29.5 Å². The monoisotopic (exact) mass is 293 g/mol. The van der Waals surface area contributed by atoms with Gasteiger partial charge in [0.05, 0.1) is 0 Å². The molecule has 2 atom stereocenters. The molecule has 0 radical (unpaired) electrons. The van der Waals surface area contributed by atoms with Crippen LogP contribution in [0.15, 0.2) is 23.9 Å². The maximum absolute atomic E-state index is 12.1. The Morgan fingerprint density at radius 1 is 1.65 bits per heavy atom. The molecule has 1 N–H and O–H groups in total. The standard InChI is InChI=1S/C12H11N3O4S/c1-3-7-4-20-11-9(14(5-13)6(2)16)10(17)15(11)8(7)12(18)19/h3,9,11H,1,4H2,2H3,(H,18,19)/t9-,11+/m1/s1. The maximum Gasteiger partial charge on any atom is 0.352 e. The zero-order valence-electron chi connectivity index (χ0n) is 10.6. The van der Waals surface area contributed by atoms with Gasteiger partial charge in [-0.25, -0.2) is 9.69 Å². The first kappa shape index (κ1) is 14.1. The van der Waals surface area contributed by atoms with E-state index in [1.807, 2.05) is 0 Å². The van der Waals surface area contributed by atoms with Crippen molar-refractivity contribution in [2.24, 2.45) is 0 Å². The molecule has 7 nitrogen and oxygen atoms in total. The summed E-state index contributed by atoms with van der Waals surface area (Å²) in [5.41, 5.74) is 0.336. The molecule has 2 aliphatic heterocycles. The molecule has 0 spiro atoms. The molecule has 1 saturated heterocycles. The fourth-order valence-electron chi connectivity index (χ4n) is 2.21. The van der Waals surface area contributed by atoms with Gasteiger partial charge in [0.15, 0.2) is 12.2 Å². The van der Waals surface area contributed by atoms with Gasteiger partial charge in [-0.15, -0.1) is 11.8 Å². The minimum atomic E-state index is -1.22. The molecule has 20 heavy (non-hydrogen) atoms. The van der Waals surface area contributed by atoms with Gasteiger partial charge < -0.3 is 5.11 Å². The van der Waals surface area contributed by atoms with E-state index in [0.29, 0.717) is 11.3 Å². The Balaban J connectivity index is 2.37. The van der Waals surface area contributed by atoms with Crippen LogP contribution in [0.1, 0.15) is 6.92 Å². The van der Waals surface area contributed by atoms with Crippen LogP contribution in [0, 0.1) is 11.5 Å². The average molecular weight is 293 g/mol. The van der Waals surface area contributed by atoms with Crippen molar-refractivity contribution < 1.29 is 19.5 Å². The van der Waals surface area contributed by atoms with Gasteiger partial charge in [-0.05, 0) is 5.57 Å². The van der Waals surface area contributed by atoms with Crippen LogP contribution in [0.4, 0.5) is 0 Å². The van der Waals surface area contributed by atoms with E-state index >= 15 is 0 Å². The SMILES string of the molecule is C=CC1=C(C(=O)O)N2C(=O)[C@@H](N(C#N)C(C)=O)[C@@H]2SC1. The normalized spacial score (nSPS) is 24.4. The third-order valence-electron chi connectivity index (χ3n) is 3.14. The minimum absolute atomic E-state index is 0.119. The number of carboxylic acid groups (broad SMARTS) is 1. The Morgan fingerprint density at radius 2 is 2.30 bits per heavy atom. The lowest BCUT2D eigenvalue weighted by Crippen LogP contribution is -2.70. The number of nitriles is 1. The number of allylic oxidation sites excluding steroid dienone is 1. The molecule has 2 heterocycles. The third-order valence-corrected chi connectivity index (χ3v) is 4.43. The lowest BCUT2D eigenvalue weighted by molar-refractivity contribution is -0.156. The number of hydrogen-bond acceptors (Lipinski definition) is 5. The van der Waals surface area contributed by atoms with E-state index in [9.17, 15) is 19.5 Å². The molecule has 0 bridgehead atoms. The molecule has 1 fully saturated rings. The number of thioether (sulfide) groups is 1. The highest BCUT2D eigenvalue weighted by atomic mass is 32.2. The topological polar surface area (TPSA) is 102 Å². The van der Waals surface area contributed by atoms with Crippen LogP contribution in [0.5, 0.6) is 0 Å². The Kier molecular flexibility index (Phi) is 3.55. The van der Waals surface area contributed by atoms with Crippen molar-refractivity contribution in [1.29, 1.82) is 5.26 Å². The summed E-state index contributed by atoms with van der Waals surface area (Å²) < 4.78 is 0. The van der Waals surface area contributed by atoms with Crippen molar-refractivity contribution in [1.82, 2.24) is 9.80 Å². The number of nitrogens with zero attached hydrogens (tertiary/aromatic N) is 3. The van der Waals surface area contributed by atoms with Gasteiger partial charge in [0.1, 0.15) is 11.1 Å². The molecular formula is C12H11N3O4S. The molecule has 0 saturated carbocycles. The molecule has 8 heteroatoms. The maximum atomic E-state index is 12.1. The summed E-state index contributed by atoms with van der Waals surface area (Å²) in [6.07, 6.45) is 3.08. The van der Waals surface area contributed by atoms with Gasteiger partial charge in [0.2, 0.25) is 5.91 Å². The van der Waals surface area contributed by atoms with Crippen LogP contribution in [-0.2, 0) is 14.4 Å². The average Bonchev–Trinajstić information content (AvgIpc) is 2.41. The van der Waals surface area contributed by atoms with Gasteiger partial charge in [-0.2, -0.15) is 5.26 Å². The molecule has 104 valence electrons. The van der Waals surface area contributed by atoms with E-state index in [2.05, 4.69) is 6.58 Å². The first-order valence-electron chi connectivity index (χ1n) is 5.67. The third kappa shape index (κ3) is 1.87. The number of hydrogen-bond donors (Lipinski definition) is 1. The zero-order valence-corrected chi connectivity index (χ0v) is 11.4. The summed E-state index contributed by atoms with van der Waals surface area (Å²) in [7, 11) is 0. The molecule has 0 unspecified atom stereocenters. The van der Waals surface area contributed by atoms with E-state index in [-0.39, 0.29) is 5.70 Å². The Labute approximate surface area is 119 Å². The number of fused-ring (bicyclic) bond motifs is 1. The summed E-state index contributed by atoms with van der Waals surface area (Å²) in [5, 5.41) is 17.6. The van der Waals surface area contributed by atoms with Gasteiger partial charge in [-0.3, -0.25) is 14.5 Å². The van der Waals surface area contributed by atoms with Crippen LogP contribution in [0.3, 0.4) is 0 Å². The Morgan fingerprint density at radius 3 is 2.75 bits per heavy atom. The first-order chi connectivity index (χ1) is 9.43. The van der Waals surface area contributed by atoms with Gasteiger partial charge >= 0.3 is 5.97 Å². The van der Waals surface area contributed by atoms with Gasteiger partial charge in [0, 0.05) is 12.7 Å². The molecule has 2 amide bonds. The van der Waals surface area contributed by atoms with Gasteiger partial charge in [0.25, 0.3) is 5.91 Å². The van der Waals surface area contributed by atoms with Crippen LogP contribution in [0.2, 0.25) is 0 Å². The number of carbonyl (C=O) groups excluding carboxylic acids is 2. The Hall–Kier alpha value is -2.27. The van der Waals surface area contributed by atoms with Crippen molar-refractivity contribution in [2.45, 2.75) is 18.3 Å². The smallest absolute Gasteiger partial charge is 0.352 e. The van der Waals surface area contributed by atoms with Gasteiger partial charge in [-0.1, -0.05) is 12.7 Å². The number of β-lactam (4-membered cyclic amide) rings is 1. The van der Waals surface area contributed by atoms with Crippen LogP contribution < -0.4 is 0 Å². The van der Waals surface area contributed by atoms with Crippen molar-refractivity contribution in [3.8, 4) is 6.19 Å². The van der Waals surface area contributed by atoms with Crippen LogP contribution >= 0.6 is 11.8 Å². The molecule has 0 aromatic rings. The largest absolute Gasteiger partial charge is 0.477 e. The highest BCUT2D eigenvalue weighted by Gasteiger charge is 2.56. The summed E-state index contributed by atoms with van der Waals surface area (Å²) in [6, 6.07) is -0.928. The number of carbonyl (C=O) groups is 3. The van der Waals surface area contributed by atoms with Crippen molar-refractivity contribution in [3.63, 3.8) is 0 Å². The van der Waals surface area contributed by atoms with E-state index in [1.54, 1.807) is 6.19 Å².